The summed E-state index contributed by atoms with van der Waals surface area (Å²) >= 11 is 0. The van der Waals surface area contributed by atoms with Crippen LogP contribution in [0.2, 0.25) is 0 Å². The fraction of sp³-hybridized carbons (Fsp3) is 0.100. The van der Waals surface area contributed by atoms with Crippen molar-refractivity contribution >= 4 is 34.2 Å². The molecule has 13 aromatic rings. The first-order chi connectivity index (χ1) is 40.1. The largest absolute Gasteiger partial charge is 0.351 e. The van der Waals surface area contributed by atoms with Gasteiger partial charge in [0.1, 0.15) is 6.17 Å². The van der Waals surface area contributed by atoms with E-state index >= 15 is 0 Å². The van der Waals surface area contributed by atoms with Crippen LogP contribution in [0, 0.1) is 52.0 Å². The average molecular weight is 1830 g/mol. The minimum absolute atomic E-state index is 0. The maximum absolute atomic E-state index is 4.46. The van der Waals surface area contributed by atoms with Crippen molar-refractivity contribution in [2.75, 3.05) is 0 Å². The number of rotatable bonds is 8. The Kier molecular flexibility index (Phi) is 23.5. The van der Waals surface area contributed by atoms with Gasteiger partial charge in [-0.15, -0.1) is 124 Å². The second-order valence-corrected chi connectivity index (χ2v) is 19.8. The molecule has 0 spiro atoms. The molecule has 0 atom stereocenters. The first-order valence-electron chi connectivity index (χ1n) is 26.8. The molecule has 436 valence electrons. The van der Waals surface area contributed by atoms with Crippen molar-refractivity contribution in [1.29, 1.82) is 0 Å². The molecule has 0 N–H and O–H groups in total. The number of hydrogen-bond acceptors (Lipinski definition) is 9. The van der Waals surface area contributed by atoms with Gasteiger partial charge in [0.25, 0.3) is 0 Å². The number of nitrogens with zero attached hydrogens (tertiary/aromatic N) is 12. The van der Waals surface area contributed by atoms with E-state index in [-0.39, 0.29) is 86.6 Å². The summed E-state index contributed by atoms with van der Waals surface area (Å²) in [5.74, 6) is 0. The minimum Gasteiger partial charge on any atom is -0.351 e. The molecular weight excluding hydrogens is 1780 g/mol. The number of hydrogen-bond donors (Lipinski definition) is 0. The third-order valence-electron chi connectivity index (χ3n) is 13.7. The molecule has 1 aliphatic rings. The Morgan fingerprint density at radius 2 is 0.907 bits per heavy atom. The summed E-state index contributed by atoms with van der Waals surface area (Å²) in [4.78, 5) is 26.2. The molecule has 8 heterocycles. The molecule has 0 fully saturated rings. The molecule has 0 amide bonds. The van der Waals surface area contributed by atoms with E-state index in [0.29, 0.717) is 0 Å². The zero-order chi connectivity index (χ0) is 56.4. The standard InChI is InChI=1S/C24H17N2.C16H14N3.C15H13N4.C15H12N3.4Ir/c1-17-14-15-25-22(16-17)18-10-12-19(13-11-18)26-23-8-4-2-6-20(23)21-7-3-5-9-24(21)26;1-12-6-8-17-15(10-12)13-4-3-5-14(11-13)16-7-9-18-19(16)2;1-11-6-7-16-14(8-11)12-4-3-5-13(9-12)15-10-19(2)18-17-15;1-11-5-6-16-14(9-11)12-3-2-4-13(10-12)15-17-7-8-18-15;;;;/h2-10,12-16H,1H3;3,5-11H,1-2H3;3,5-10H,1-2H3;2,4-10,15H,1H3;;;;/q4*-1;;;;. The van der Waals surface area contributed by atoms with Crippen LogP contribution >= 0.6 is 0 Å². The molecule has 0 saturated carbocycles. The number of fused-ring (bicyclic) bond motifs is 3. The number of aliphatic imine (C=N–C) groups is 2. The van der Waals surface area contributed by atoms with Gasteiger partial charge in [0.2, 0.25) is 0 Å². The summed E-state index contributed by atoms with van der Waals surface area (Å²) in [7, 11) is 3.80. The van der Waals surface area contributed by atoms with E-state index in [1.165, 1.54) is 44.1 Å². The van der Waals surface area contributed by atoms with Crippen LogP contribution in [0.15, 0.2) is 223 Å². The zero-order valence-electron chi connectivity index (χ0n) is 47.6. The second kappa shape index (κ2) is 30.9. The number of aromatic nitrogens is 10. The van der Waals surface area contributed by atoms with E-state index in [0.717, 1.165) is 78.8 Å². The van der Waals surface area contributed by atoms with Gasteiger partial charge >= 0.3 is 0 Å². The number of pyridine rings is 4. The van der Waals surface area contributed by atoms with Gasteiger partial charge < -0.3 is 24.5 Å². The van der Waals surface area contributed by atoms with E-state index in [4.69, 9.17) is 0 Å². The summed E-state index contributed by atoms with van der Waals surface area (Å²) in [6.07, 6.45) is 14.3. The molecule has 12 nitrogen and oxygen atoms in total. The molecule has 0 bridgehead atoms. The minimum atomic E-state index is -0.108. The fourth-order valence-electron chi connectivity index (χ4n) is 9.58. The average Bonchev–Trinajstić information content (AvgIpc) is 2.29. The number of para-hydroxylation sites is 2. The van der Waals surface area contributed by atoms with Gasteiger partial charge in [-0.1, -0.05) is 105 Å². The molecule has 7 aromatic heterocycles. The first kappa shape index (κ1) is 65.5. The van der Waals surface area contributed by atoms with Gasteiger partial charge in [-0.2, -0.15) is 5.10 Å². The van der Waals surface area contributed by atoms with Crippen molar-refractivity contribution in [3.8, 4) is 73.2 Å². The Morgan fingerprint density at radius 1 is 0.430 bits per heavy atom. The third kappa shape index (κ3) is 15.9. The topological polar surface area (TPSA) is 130 Å². The van der Waals surface area contributed by atoms with Crippen molar-refractivity contribution in [2.45, 2.75) is 33.9 Å². The van der Waals surface area contributed by atoms with E-state index in [1.807, 2.05) is 135 Å². The molecule has 86 heavy (non-hydrogen) atoms. The summed E-state index contributed by atoms with van der Waals surface area (Å²) in [5.41, 5.74) is 21.2. The molecule has 0 unspecified atom stereocenters. The predicted octanol–water partition coefficient (Wildman–Crippen LogP) is 14.9. The van der Waals surface area contributed by atoms with Gasteiger partial charge in [0.05, 0.1) is 11.9 Å². The summed E-state index contributed by atoms with van der Waals surface area (Å²) in [6.45, 7) is 8.26. The molecule has 16 heteroatoms. The number of aryl methyl sites for hydroxylation is 6. The molecule has 14 rings (SSSR count). The monoisotopic (exact) mass is 1840 g/mol. The number of benzene rings is 6. The van der Waals surface area contributed by atoms with E-state index in [9.17, 15) is 0 Å². The molecule has 0 aliphatic carbocycles. The predicted molar refractivity (Wildman–Crippen MR) is 329 cm³/mol. The summed E-state index contributed by atoms with van der Waals surface area (Å²) < 4.78 is 5.86. The van der Waals surface area contributed by atoms with Gasteiger partial charge in [-0.25, -0.2) is 0 Å². The van der Waals surface area contributed by atoms with Crippen molar-refractivity contribution in [1.82, 2.24) is 49.3 Å². The van der Waals surface area contributed by atoms with Crippen LogP contribution in [0.5, 0.6) is 0 Å². The molecule has 4 radical (unpaired) electrons. The summed E-state index contributed by atoms with van der Waals surface area (Å²) in [5, 5.41) is 14.8. The second-order valence-electron chi connectivity index (χ2n) is 19.8. The van der Waals surface area contributed by atoms with Crippen LogP contribution in [0.3, 0.4) is 0 Å². The Morgan fingerprint density at radius 3 is 1.37 bits per heavy atom. The zero-order valence-corrected chi connectivity index (χ0v) is 57.2. The summed E-state index contributed by atoms with van der Waals surface area (Å²) in [6, 6.07) is 72.6. The van der Waals surface area contributed by atoms with Gasteiger partial charge in [-0.3, -0.25) is 19.3 Å². The first-order valence-corrected chi connectivity index (χ1v) is 26.8. The Hall–Kier alpha value is -7.99. The van der Waals surface area contributed by atoms with Crippen molar-refractivity contribution in [3.63, 3.8) is 0 Å². The van der Waals surface area contributed by atoms with Gasteiger partial charge in [0.15, 0.2) is 0 Å². The molecule has 6 aromatic carbocycles. The van der Waals surface area contributed by atoms with E-state index in [1.54, 1.807) is 23.3 Å². The fourth-order valence-corrected chi connectivity index (χ4v) is 9.58. The Bertz CT molecular complexity index is 4350. The van der Waals surface area contributed by atoms with Crippen molar-refractivity contribution in [2.24, 2.45) is 24.1 Å². The molecule has 0 saturated heterocycles. The Labute approximate surface area is 555 Å². The maximum atomic E-state index is 4.46. The Balaban J connectivity index is 0.000000163. The molecular formula is C70H56Ir4N12-4. The van der Waals surface area contributed by atoms with Gasteiger partial charge in [0, 0.05) is 165 Å². The van der Waals surface area contributed by atoms with Crippen LogP contribution < -0.4 is 0 Å². The smallest absolute Gasteiger partial charge is 0.148 e. The van der Waals surface area contributed by atoms with E-state index in [2.05, 4.69) is 193 Å². The normalized spacial score (nSPS) is 11.1. The SMILES string of the molecule is Cc1ccnc(-c2[c-]cc(-n3c4ccccc4c4ccccc43)cc2)c1.Cc1ccnc(-c2[c-]ccc(-c3ccnn3C)c2)c1.Cc1ccnc(-c2[c-]ccc(-c3cn(C)nn3)c2)c1.Cc1ccnc(-c2[c-]ccc(C3N=CC=N3)c2)c1.[Ir].[Ir].[Ir].[Ir]. The van der Waals surface area contributed by atoms with Crippen molar-refractivity contribution < 1.29 is 80.4 Å². The molecule has 1 aliphatic heterocycles. The van der Waals surface area contributed by atoms with Crippen LogP contribution in [-0.2, 0) is 94.5 Å². The maximum Gasteiger partial charge on any atom is 0.148 e. The van der Waals surface area contributed by atoms with Crippen molar-refractivity contribution in [3.05, 3.63) is 265 Å². The van der Waals surface area contributed by atoms with Crippen LogP contribution in [-0.4, -0.2) is 61.7 Å². The van der Waals surface area contributed by atoms with Crippen LogP contribution in [0.4, 0.5) is 0 Å². The van der Waals surface area contributed by atoms with Crippen LogP contribution in [0.25, 0.3) is 95.0 Å². The van der Waals surface area contributed by atoms with Gasteiger partial charge in [-0.05, 0) is 98.6 Å². The van der Waals surface area contributed by atoms with E-state index < -0.39 is 0 Å². The quantitative estimate of drug-likeness (QED) is 0.139. The third-order valence-corrected chi connectivity index (χ3v) is 13.7. The van der Waals surface area contributed by atoms with Crippen LogP contribution in [0.1, 0.15) is 34.0 Å².